The molecule has 0 spiro atoms. The molecule has 4 radical (unpaired) electrons. The molecule has 1 atom stereocenters. The second-order valence-corrected chi connectivity index (χ2v) is 12.9. The quantitative estimate of drug-likeness (QED) is 0.152. The Balaban J connectivity index is 1.30. The third kappa shape index (κ3) is 5.74. The van der Waals surface area contributed by atoms with Gasteiger partial charge in [0.25, 0.3) is 0 Å². The molecule has 3 aromatic carbocycles. The first-order chi connectivity index (χ1) is 21.9. The van der Waals surface area contributed by atoms with E-state index in [0.717, 1.165) is 41.4 Å². The summed E-state index contributed by atoms with van der Waals surface area (Å²) in [6, 6.07) is 12.8. The van der Waals surface area contributed by atoms with Crippen molar-refractivity contribution in [1.82, 2.24) is 5.32 Å². The highest BCUT2D eigenvalue weighted by Crippen LogP contribution is 2.57. The summed E-state index contributed by atoms with van der Waals surface area (Å²) in [6.45, 7) is 11.6. The molecular formula is C36H38B2N2O6. The number of hydrogen-bond donors (Lipinski definition) is 1. The van der Waals surface area contributed by atoms with E-state index in [0.29, 0.717) is 23.6 Å². The molecule has 6 rings (SSSR count). The lowest BCUT2D eigenvalue weighted by atomic mass is 9.63. The van der Waals surface area contributed by atoms with E-state index in [-0.39, 0.29) is 31.1 Å². The van der Waals surface area contributed by atoms with Gasteiger partial charge < -0.3 is 29.2 Å². The molecule has 1 saturated heterocycles. The van der Waals surface area contributed by atoms with Gasteiger partial charge in [-0.25, -0.2) is 9.59 Å². The van der Waals surface area contributed by atoms with Gasteiger partial charge in [0.05, 0.1) is 25.9 Å². The summed E-state index contributed by atoms with van der Waals surface area (Å²) in [4.78, 5) is 26.1. The highest BCUT2D eigenvalue weighted by Gasteiger charge is 2.41. The lowest BCUT2D eigenvalue weighted by Crippen LogP contribution is -2.39. The zero-order valence-electron chi connectivity index (χ0n) is 26.9. The second-order valence-electron chi connectivity index (χ2n) is 12.9. The lowest BCUT2D eigenvalue weighted by molar-refractivity contribution is -0.138. The Hall–Kier alpha value is -4.33. The van der Waals surface area contributed by atoms with Crippen LogP contribution in [0.3, 0.4) is 0 Å². The number of nitrogens with zero attached hydrogens (tertiary/aromatic N) is 1. The van der Waals surface area contributed by atoms with Crippen molar-refractivity contribution in [2.24, 2.45) is 5.92 Å². The number of methoxy groups -OCH3 is 1. The Kier molecular flexibility index (Phi) is 8.34. The summed E-state index contributed by atoms with van der Waals surface area (Å²) < 4.78 is 22.8. The van der Waals surface area contributed by atoms with Crippen LogP contribution in [0.15, 0.2) is 54.6 Å². The normalized spacial score (nSPS) is 18.5. The van der Waals surface area contributed by atoms with E-state index in [4.69, 9.17) is 34.6 Å². The number of fused-ring (bicyclic) bond motifs is 8. The first kappa shape index (κ1) is 31.6. The van der Waals surface area contributed by atoms with Gasteiger partial charge in [-0.2, -0.15) is 0 Å². The summed E-state index contributed by atoms with van der Waals surface area (Å²) in [5.74, 6) is 0.994. The first-order valence-electron chi connectivity index (χ1n) is 15.7. The third-order valence-electron chi connectivity index (χ3n) is 9.14. The van der Waals surface area contributed by atoms with Gasteiger partial charge in [-0.1, -0.05) is 56.8 Å². The van der Waals surface area contributed by atoms with E-state index >= 15 is 0 Å². The molecule has 2 heterocycles. The van der Waals surface area contributed by atoms with Crippen LogP contribution in [0.4, 0.5) is 10.5 Å². The fourth-order valence-corrected chi connectivity index (χ4v) is 6.99. The number of ether oxygens (including phenoxy) is 4. The Morgan fingerprint density at radius 3 is 2.70 bits per heavy atom. The van der Waals surface area contributed by atoms with Gasteiger partial charge in [-0.05, 0) is 59.5 Å². The molecule has 46 heavy (non-hydrogen) atoms. The van der Waals surface area contributed by atoms with Gasteiger partial charge in [0.15, 0.2) is 0 Å². The summed E-state index contributed by atoms with van der Waals surface area (Å²) in [5, 5.41) is 3.12. The minimum absolute atomic E-state index is 0.0488. The molecule has 2 aliphatic heterocycles. The molecule has 10 heteroatoms. The molecule has 1 aliphatic carbocycles. The van der Waals surface area contributed by atoms with Crippen LogP contribution in [0.1, 0.15) is 50.3 Å². The molecule has 0 bridgehead atoms. The topological polar surface area (TPSA) is 86.3 Å². The number of carbonyl (C=O) groups is 2. The molecule has 1 N–H and O–H groups in total. The van der Waals surface area contributed by atoms with Crippen LogP contribution in [-0.4, -0.2) is 73.1 Å². The molecule has 0 saturated carbocycles. The molecule has 234 valence electrons. The molecule has 1 unspecified atom stereocenters. The Morgan fingerprint density at radius 2 is 1.93 bits per heavy atom. The third-order valence-corrected chi connectivity index (χ3v) is 9.14. The zero-order chi connectivity index (χ0) is 32.8. The van der Waals surface area contributed by atoms with Gasteiger partial charge in [-0.3, -0.25) is 0 Å². The number of esters is 1. The first-order valence-corrected chi connectivity index (χ1v) is 15.7. The number of nitrogens with one attached hydrogen (secondary N) is 1. The minimum Gasteiger partial charge on any atom is -0.502 e. The van der Waals surface area contributed by atoms with Crippen LogP contribution >= 0.6 is 0 Å². The smallest absolute Gasteiger partial charge is 0.407 e. The summed E-state index contributed by atoms with van der Waals surface area (Å²) >= 11 is 0. The summed E-state index contributed by atoms with van der Waals surface area (Å²) in [5.41, 5.74) is 6.79. The number of rotatable bonds is 8. The van der Waals surface area contributed by atoms with Crippen LogP contribution in [-0.2, 0) is 19.7 Å². The Bertz CT molecular complexity index is 1770. The Morgan fingerprint density at radius 1 is 1.15 bits per heavy atom. The molecule has 0 aromatic heterocycles. The zero-order valence-corrected chi connectivity index (χ0v) is 26.9. The number of hydrogen-bond acceptors (Lipinski definition) is 7. The maximum atomic E-state index is 12.3. The maximum absolute atomic E-state index is 12.3. The monoisotopic (exact) mass is 616 g/mol. The van der Waals surface area contributed by atoms with Crippen molar-refractivity contribution in [2.75, 3.05) is 44.9 Å². The van der Waals surface area contributed by atoms with E-state index in [9.17, 15) is 9.59 Å². The fraction of sp³-hybridized carbons (Fsp3) is 0.389. The largest absolute Gasteiger partial charge is 0.502 e. The van der Waals surface area contributed by atoms with E-state index < -0.39 is 17.5 Å². The molecule has 1 fully saturated rings. The molecule has 8 nitrogen and oxygen atoms in total. The SMILES string of the molecule is [B]C1([B])C=Cc2c3c(c4cc(N5CCCC(COC(=O)NCCOC(=O)C(=C)C)C5)c(OC)cc4c2O1)-c1ccccc1C3(C)C. The number of benzene rings is 3. The number of carbonyl (C=O) groups excluding carboxylic acids is 2. The predicted molar refractivity (Wildman–Crippen MR) is 182 cm³/mol. The van der Waals surface area contributed by atoms with Crippen LogP contribution < -0.4 is 19.7 Å². The molecule has 1 amide bonds. The number of anilines is 1. The van der Waals surface area contributed by atoms with Crippen LogP contribution in [0, 0.1) is 5.92 Å². The molecule has 3 aliphatic rings. The summed E-state index contributed by atoms with van der Waals surface area (Å²) in [7, 11) is 14.2. The van der Waals surface area contributed by atoms with Crippen LogP contribution in [0.2, 0.25) is 0 Å². The second kappa shape index (κ2) is 12.1. The predicted octanol–water partition coefficient (Wildman–Crippen LogP) is 5.61. The van der Waals surface area contributed by atoms with Gasteiger partial charge >= 0.3 is 12.1 Å². The standard InChI is InChI=1S/C36H38B2N2O6/c1-21(2)33(41)44-16-14-39-34(42)45-20-22-9-8-15-40(19-22)28-17-25-26(18-29(28)43-5)32-24(12-13-36(37,38)46-32)31-30(25)23-10-6-7-11-27(23)35(31,3)4/h6-7,10-13,17-18,22H,1,8-9,14-16,19-20H2,2-5H3,(H,39,42). The van der Waals surface area contributed by atoms with Gasteiger partial charge in [-0.15, -0.1) is 0 Å². The van der Waals surface area contributed by atoms with Crippen molar-refractivity contribution in [1.29, 1.82) is 0 Å². The van der Waals surface area contributed by atoms with Gasteiger partial charge in [0.1, 0.15) is 33.8 Å². The highest BCUT2D eigenvalue weighted by atomic mass is 16.6. The van der Waals surface area contributed by atoms with Gasteiger partial charge in [0, 0.05) is 46.3 Å². The summed E-state index contributed by atoms with van der Waals surface area (Å²) in [6.07, 6.45) is 5.02. The Labute approximate surface area is 272 Å². The minimum atomic E-state index is -1.43. The average molecular weight is 616 g/mol. The number of alkyl carbamates (subject to hydrolysis) is 1. The molecule has 3 aromatic rings. The van der Waals surface area contributed by atoms with Crippen molar-refractivity contribution in [3.05, 3.63) is 71.3 Å². The number of amides is 1. The maximum Gasteiger partial charge on any atom is 0.407 e. The fourth-order valence-electron chi connectivity index (χ4n) is 6.99. The van der Waals surface area contributed by atoms with E-state index in [1.807, 2.05) is 12.1 Å². The van der Waals surface area contributed by atoms with Gasteiger partial charge in [0.2, 0.25) is 0 Å². The number of piperidine rings is 1. The van der Waals surface area contributed by atoms with Crippen molar-refractivity contribution < 1.29 is 28.5 Å². The van der Waals surface area contributed by atoms with E-state index in [2.05, 4.69) is 61.0 Å². The van der Waals surface area contributed by atoms with Crippen molar-refractivity contribution in [3.63, 3.8) is 0 Å². The molecular weight excluding hydrogens is 578 g/mol. The lowest BCUT2D eigenvalue weighted by Gasteiger charge is -2.36. The van der Waals surface area contributed by atoms with Crippen LogP contribution in [0.5, 0.6) is 11.5 Å². The average Bonchev–Trinajstić information content (AvgIpc) is 3.28. The van der Waals surface area contributed by atoms with E-state index in [1.54, 1.807) is 20.1 Å². The van der Waals surface area contributed by atoms with Crippen LogP contribution in [0.25, 0.3) is 28.0 Å². The van der Waals surface area contributed by atoms with Crippen molar-refractivity contribution >= 4 is 50.3 Å². The highest BCUT2D eigenvalue weighted by molar-refractivity contribution is 6.41. The van der Waals surface area contributed by atoms with E-state index in [1.165, 1.54) is 22.3 Å². The van der Waals surface area contributed by atoms with Crippen molar-refractivity contribution in [2.45, 2.75) is 44.4 Å². The van der Waals surface area contributed by atoms with Crippen molar-refractivity contribution in [3.8, 4) is 22.6 Å².